The molecule has 168 valence electrons. The summed E-state index contributed by atoms with van der Waals surface area (Å²) >= 11 is 12.5. The number of hydrogen-bond acceptors (Lipinski definition) is 3. The van der Waals surface area contributed by atoms with Gasteiger partial charge in [-0.2, -0.15) is 0 Å². The third-order valence-corrected chi connectivity index (χ3v) is 6.27. The van der Waals surface area contributed by atoms with Crippen LogP contribution in [0.25, 0.3) is 0 Å². The molecule has 2 aliphatic rings. The van der Waals surface area contributed by atoms with Gasteiger partial charge in [0.25, 0.3) is 5.91 Å². The molecule has 0 aliphatic carbocycles. The van der Waals surface area contributed by atoms with E-state index in [0.717, 1.165) is 0 Å². The summed E-state index contributed by atoms with van der Waals surface area (Å²) in [5.74, 6) is -1.51. The van der Waals surface area contributed by atoms with Crippen LogP contribution in [0.4, 0.5) is 25.0 Å². The molecule has 0 unspecified atom stereocenters. The van der Waals surface area contributed by atoms with E-state index in [1.807, 2.05) is 0 Å². The molecule has 2 heterocycles. The molecular weight excluding hydrogens is 475 g/mol. The van der Waals surface area contributed by atoms with Crippen molar-refractivity contribution in [2.45, 2.75) is 12.1 Å². The number of amides is 3. The number of nitrogens with zero attached hydrogens (tertiary/aromatic N) is 1. The van der Waals surface area contributed by atoms with E-state index in [2.05, 4.69) is 10.6 Å². The highest BCUT2D eigenvalue weighted by molar-refractivity contribution is 6.32. The standard InChI is InChI=1S/C23H15Cl2F2N3O3/c24-10-5-15-20(21(29-22(15)32)13-7-11(26)1-3-16(13)25)17(6-10)28-23(33)30-9-19(31)14-8-12(27)2-4-18(14)30/h1-8,19,21,31H,9H2,(H,28,33)(H,29,32)/t19-,21+/m1/s1. The highest BCUT2D eigenvalue weighted by atomic mass is 35.5. The van der Waals surface area contributed by atoms with Gasteiger partial charge in [-0.3, -0.25) is 9.69 Å². The van der Waals surface area contributed by atoms with Gasteiger partial charge in [0.15, 0.2) is 0 Å². The van der Waals surface area contributed by atoms with Crippen molar-refractivity contribution in [3.05, 3.63) is 92.5 Å². The van der Waals surface area contributed by atoms with E-state index in [1.165, 1.54) is 53.4 Å². The molecule has 6 nitrogen and oxygen atoms in total. The second kappa shape index (κ2) is 7.98. The summed E-state index contributed by atoms with van der Waals surface area (Å²) in [4.78, 5) is 27.0. The van der Waals surface area contributed by atoms with Crippen LogP contribution in [0.15, 0.2) is 48.5 Å². The number of aliphatic hydroxyl groups is 1. The van der Waals surface area contributed by atoms with Crippen molar-refractivity contribution >= 4 is 46.5 Å². The first kappa shape index (κ1) is 21.6. The maximum absolute atomic E-state index is 13.9. The zero-order valence-electron chi connectivity index (χ0n) is 16.7. The van der Waals surface area contributed by atoms with Crippen LogP contribution in [-0.4, -0.2) is 23.6 Å². The average Bonchev–Trinajstić information content (AvgIpc) is 3.27. The first-order valence-corrected chi connectivity index (χ1v) is 10.6. The number of carbonyl (C=O) groups excluding carboxylic acids is 2. The van der Waals surface area contributed by atoms with Gasteiger partial charge in [0.2, 0.25) is 0 Å². The number of β-amino-alcohol motifs (C(OH)–C–C–N with tert-alkyl or cyclic N) is 1. The van der Waals surface area contributed by atoms with Gasteiger partial charge < -0.3 is 15.7 Å². The number of urea groups is 1. The van der Waals surface area contributed by atoms with Crippen LogP contribution in [0, 0.1) is 11.6 Å². The van der Waals surface area contributed by atoms with Crippen LogP contribution in [0.3, 0.4) is 0 Å². The second-order valence-electron chi connectivity index (χ2n) is 7.75. The Balaban J connectivity index is 1.55. The summed E-state index contributed by atoms with van der Waals surface area (Å²) in [5, 5.41) is 16.2. The molecule has 0 aromatic heterocycles. The summed E-state index contributed by atoms with van der Waals surface area (Å²) in [6, 6.07) is 9.05. The lowest BCUT2D eigenvalue weighted by Crippen LogP contribution is -2.34. The van der Waals surface area contributed by atoms with Crippen LogP contribution in [-0.2, 0) is 0 Å². The van der Waals surface area contributed by atoms with Crippen molar-refractivity contribution in [1.29, 1.82) is 0 Å². The molecule has 0 bridgehead atoms. The minimum absolute atomic E-state index is 0.0797. The molecule has 0 saturated heterocycles. The Morgan fingerprint density at radius 1 is 1.06 bits per heavy atom. The monoisotopic (exact) mass is 489 g/mol. The van der Waals surface area contributed by atoms with E-state index in [4.69, 9.17) is 23.2 Å². The van der Waals surface area contributed by atoms with Crippen LogP contribution in [0.2, 0.25) is 10.0 Å². The highest BCUT2D eigenvalue weighted by Crippen LogP contribution is 2.41. The average molecular weight is 490 g/mol. The zero-order chi connectivity index (χ0) is 23.4. The molecule has 2 aliphatic heterocycles. The van der Waals surface area contributed by atoms with Gasteiger partial charge in [-0.25, -0.2) is 13.6 Å². The molecule has 0 fully saturated rings. The Hall–Kier alpha value is -3.20. The van der Waals surface area contributed by atoms with Gasteiger partial charge >= 0.3 is 6.03 Å². The number of halogens is 4. The topological polar surface area (TPSA) is 81.7 Å². The number of aliphatic hydroxyl groups excluding tert-OH is 1. The van der Waals surface area contributed by atoms with Crippen molar-refractivity contribution in [2.75, 3.05) is 16.8 Å². The summed E-state index contributed by atoms with van der Waals surface area (Å²) < 4.78 is 27.5. The minimum atomic E-state index is -1.05. The Kier molecular flexibility index (Phi) is 5.23. The Morgan fingerprint density at radius 2 is 1.76 bits per heavy atom. The summed E-state index contributed by atoms with van der Waals surface area (Å²) in [7, 11) is 0. The second-order valence-corrected chi connectivity index (χ2v) is 8.59. The third kappa shape index (κ3) is 3.70. The summed E-state index contributed by atoms with van der Waals surface area (Å²) in [6.45, 7) is -0.0797. The van der Waals surface area contributed by atoms with Gasteiger partial charge in [-0.15, -0.1) is 0 Å². The zero-order valence-corrected chi connectivity index (χ0v) is 18.2. The molecule has 10 heteroatoms. The molecule has 3 amide bonds. The SMILES string of the molecule is O=C1N[C@@H](c2cc(F)ccc2Cl)c2c(NC(=O)N3C[C@@H](O)c4cc(F)ccc43)cc(Cl)cc21. The largest absolute Gasteiger partial charge is 0.386 e. The third-order valence-electron chi connectivity index (χ3n) is 5.70. The van der Waals surface area contributed by atoms with E-state index in [1.54, 1.807) is 0 Å². The normalized spacial score (nSPS) is 18.7. The molecular formula is C23H15Cl2F2N3O3. The number of nitrogens with one attached hydrogen (secondary N) is 2. The van der Waals surface area contributed by atoms with Crippen molar-refractivity contribution in [2.24, 2.45) is 0 Å². The van der Waals surface area contributed by atoms with Gasteiger partial charge in [-0.1, -0.05) is 23.2 Å². The number of benzene rings is 3. The molecule has 0 radical (unpaired) electrons. The number of carbonyl (C=O) groups is 2. The molecule has 33 heavy (non-hydrogen) atoms. The first-order valence-electron chi connectivity index (χ1n) is 9.88. The molecule has 3 N–H and O–H groups in total. The highest BCUT2D eigenvalue weighted by Gasteiger charge is 2.36. The number of anilines is 2. The quantitative estimate of drug-likeness (QED) is 0.463. The van der Waals surface area contributed by atoms with Gasteiger partial charge in [0.05, 0.1) is 30.1 Å². The molecule has 0 saturated carbocycles. The fourth-order valence-corrected chi connectivity index (χ4v) is 4.70. The molecule has 3 aromatic carbocycles. The molecule has 0 spiro atoms. The van der Waals surface area contributed by atoms with E-state index in [-0.39, 0.29) is 27.8 Å². The van der Waals surface area contributed by atoms with Gasteiger partial charge in [0.1, 0.15) is 11.6 Å². The maximum atomic E-state index is 13.9. The first-order chi connectivity index (χ1) is 15.7. The predicted octanol–water partition coefficient (Wildman–Crippen LogP) is 5.19. The van der Waals surface area contributed by atoms with Crippen molar-refractivity contribution in [1.82, 2.24) is 5.32 Å². The maximum Gasteiger partial charge on any atom is 0.326 e. The van der Waals surface area contributed by atoms with Crippen molar-refractivity contribution in [3.8, 4) is 0 Å². The van der Waals surface area contributed by atoms with Crippen LogP contribution >= 0.6 is 23.2 Å². The van der Waals surface area contributed by atoms with Crippen molar-refractivity contribution < 1.29 is 23.5 Å². The lowest BCUT2D eigenvalue weighted by molar-refractivity contribution is 0.0960. The number of fused-ring (bicyclic) bond motifs is 2. The Morgan fingerprint density at radius 3 is 2.52 bits per heavy atom. The lowest BCUT2D eigenvalue weighted by atomic mass is 9.96. The van der Waals surface area contributed by atoms with Crippen LogP contribution in [0.5, 0.6) is 0 Å². The van der Waals surface area contributed by atoms with Crippen LogP contribution < -0.4 is 15.5 Å². The van der Waals surface area contributed by atoms with Crippen LogP contribution in [0.1, 0.15) is 39.2 Å². The fraction of sp³-hybridized carbons (Fsp3) is 0.130. The summed E-state index contributed by atoms with van der Waals surface area (Å²) in [6.07, 6.45) is -1.05. The Bertz CT molecular complexity index is 1330. The van der Waals surface area contributed by atoms with E-state index < -0.39 is 35.7 Å². The lowest BCUT2D eigenvalue weighted by Gasteiger charge is -2.21. The fourth-order valence-electron chi connectivity index (χ4n) is 4.25. The number of hydrogen-bond donors (Lipinski definition) is 3. The Labute approximate surface area is 196 Å². The molecule has 2 atom stereocenters. The molecule has 5 rings (SSSR count). The summed E-state index contributed by atoms with van der Waals surface area (Å²) in [5.41, 5.74) is 1.79. The number of rotatable bonds is 2. The van der Waals surface area contributed by atoms with E-state index in [0.29, 0.717) is 22.4 Å². The van der Waals surface area contributed by atoms with Crippen molar-refractivity contribution in [3.63, 3.8) is 0 Å². The smallest absolute Gasteiger partial charge is 0.326 e. The van der Waals surface area contributed by atoms with E-state index >= 15 is 0 Å². The molecule has 3 aromatic rings. The van der Waals surface area contributed by atoms with E-state index in [9.17, 15) is 23.5 Å². The predicted molar refractivity (Wildman–Crippen MR) is 120 cm³/mol. The van der Waals surface area contributed by atoms with Gasteiger partial charge in [-0.05, 0) is 48.5 Å². The van der Waals surface area contributed by atoms with Gasteiger partial charge in [0, 0.05) is 32.3 Å². The minimum Gasteiger partial charge on any atom is -0.386 e.